The van der Waals surface area contributed by atoms with E-state index in [2.05, 4.69) is 0 Å². The molecule has 1 saturated carbocycles. The van der Waals surface area contributed by atoms with Crippen LogP contribution in [0.15, 0.2) is 47.4 Å². The van der Waals surface area contributed by atoms with E-state index in [1.54, 1.807) is 10.4 Å². The molecule has 0 aromatic heterocycles. The average Bonchev–Trinajstić information content (AvgIpc) is 3.01. The summed E-state index contributed by atoms with van der Waals surface area (Å²) in [7, 11) is -3.43. The summed E-state index contributed by atoms with van der Waals surface area (Å²) in [5.41, 5.74) is 0. The third-order valence-corrected chi connectivity index (χ3v) is 6.47. The Labute approximate surface area is 126 Å². The molecule has 0 atom stereocenters. The van der Waals surface area contributed by atoms with Crippen LogP contribution in [-0.4, -0.2) is 25.3 Å². The van der Waals surface area contributed by atoms with E-state index in [0.29, 0.717) is 11.4 Å². The number of nitrogens with zero attached hydrogens (tertiary/aromatic N) is 1. The van der Waals surface area contributed by atoms with Crippen LogP contribution in [0.25, 0.3) is 10.8 Å². The molecule has 1 fully saturated rings. The zero-order chi connectivity index (χ0) is 14.9. The second kappa shape index (κ2) is 5.78. The minimum absolute atomic E-state index is 0.166. The zero-order valence-corrected chi connectivity index (χ0v) is 13.1. The van der Waals surface area contributed by atoms with E-state index in [-0.39, 0.29) is 6.04 Å². The number of hydrogen-bond acceptors (Lipinski definition) is 2. The molecule has 0 bridgehead atoms. The van der Waals surface area contributed by atoms with Gasteiger partial charge in [0.05, 0.1) is 4.90 Å². The van der Waals surface area contributed by atoms with Crippen molar-refractivity contribution >= 4 is 20.8 Å². The van der Waals surface area contributed by atoms with Crippen LogP contribution < -0.4 is 0 Å². The van der Waals surface area contributed by atoms with Crippen LogP contribution in [0, 0.1) is 0 Å². The largest absolute Gasteiger partial charge is 0.243 e. The number of rotatable bonds is 4. The van der Waals surface area contributed by atoms with Gasteiger partial charge in [-0.25, -0.2) is 8.42 Å². The Balaban J connectivity index is 2.11. The van der Waals surface area contributed by atoms with Crippen molar-refractivity contribution in [2.75, 3.05) is 6.54 Å². The molecule has 3 rings (SSSR count). The number of benzene rings is 2. The van der Waals surface area contributed by atoms with Gasteiger partial charge < -0.3 is 0 Å². The van der Waals surface area contributed by atoms with Crippen LogP contribution in [0.1, 0.15) is 32.6 Å². The highest BCUT2D eigenvalue weighted by Crippen LogP contribution is 2.31. The lowest BCUT2D eigenvalue weighted by atomic mass is 10.1. The predicted molar refractivity (Wildman–Crippen MR) is 85.8 cm³/mol. The molecule has 0 N–H and O–H groups in total. The summed E-state index contributed by atoms with van der Waals surface area (Å²) in [6.45, 7) is 2.47. The Hall–Kier alpha value is -1.39. The van der Waals surface area contributed by atoms with Gasteiger partial charge in [-0.1, -0.05) is 56.2 Å². The first kappa shape index (κ1) is 14.5. The van der Waals surface area contributed by atoms with Gasteiger partial charge in [0, 0.05) is 18.0 Å². The third kappa shape index (κ3) is 2.58. The molecule has 0 saturated heterocycles. The molecular weight excluding hydrogens is 282 g/mol. The summed E-state index contributed by atoms with van der Waals surface area (Å²) < 4.78 is 27.9. The highest BCUT2D eigenvalue weighted by molar-refractivity contribution is 7.89. The quantitative estimate of drug-likeness (QED) is 0.861. The third-order valence-electron chi connectivity index (χ3n) is 4.38. The minimum Gasteiger partial charge on any atom is -0.207 e. The van der Waals surface area contributed by atoms with Gasteiger partial charge in [-0.05, 0) is 24.3 Å². The van der Waals surface area contributed by atoms with Gasteiger partial charge in [0.25, 0.3) is 0 Å². The highest BCUT2D eigenvalue weighted by atomic mass is 32.2. The molecule has 0 amide bonds. The maximum absolute atomic E-state index is 13.1. The van der Waals surface area contributed by atoms with Gasteiger partial charge >= 0.3 is 0 Å². The fourth-order valence-corrected chi connectivity index (χ4v) is 5.27. The number of hydrogen-bond donors (Lipinski definition) is 0. The van der Waals surface area contributed by atoms with Gasteiger partial charge in [0.15, 0.2) is 0 Å². The Morgan fingerprint density at radius 3 is 2.43 bits per heavy atom. The zero-order valence-electron chi connectivity index (χ0n) is 12.3. The van der Waals surface area contributed by atoms with Crippen molar-refractivity contribution < 1.29 is 8.42 Å². The van der Waals surface area contributed by atoms with E-state index in [9.17, 15) is 8.42 Å². The van der Waals surface area contributed by atoms with Crippen molar-refractivity contribution in [3.8, 4) is 0 Å². The number of sulfonamides is 1. The van der Waals surface area contributed by atoms with Gasteiger partial charge in [-0.15, -0.1) is 0 Å². The van der Waals surface area contributed by atoms with E-state index < -0.39 is 10.0 Å². The molecule has 0 spiro atoms. The van der Waals surface area contributed by atoms with Crippen LogP contribution in [0.3, 0.4) is 0 Å². The Morgan fingerprint density at radius 1 is 1.05 bits per heavy atom. The van der Waals surface area contributed by atoms with Crippen LogP contribution in [0.4, 0.5) is 0 Å². The fraction of sp³-hybridized carbons (Fsp3) is 0.412. The molecule has 0 aliphatic heterocycles. The van der Waals surface area contributed by atoms with E-state index in [1.807, 2.05) is 43.3 Å². The summed E-state index contributed by atoms with van der Waals surface area (Å²) in [4.78, 5) is 0.439. The normalized spacial score (nSPS) is 16.9. The van der Waals surface area contributed by atoms with Crippen LogP contribution in [0.2, 0.25) is 0 Å². The van der Waals surface area contributed by atoms with E-state index >= 15 is 0 Å². The lowest BCUT2D eigenvalue weighted by Gasteiger charge is -2.27. The molecule has 21 heavy (non-hydrogen) atoms. The lowest BCUT2D eigenvalue weighted by molar-refractivity contribution is 0.336. The lowest BCUT2D eigenvalue weighted by Crippen LogP contribution is -2.38. The van der Waals surface area contributed by atoms with Gasteiger partial charge in [0.2, 0.25) is 10.0 Å². The summed E-state index contributed by atoms with van der Waals surface area (Å²) in [5, 5.41) is 1.79. The van der Waals surface area contributed by atoms with Gasteiger partial charge in [-0.3, -0.25) is 0 Å². The predicted octanol–water partition coefficient (Wildman–Crippen LogP) is 3.79. The van der Waals surface area contributed by atoms with Crippen LogP contribution in [-0.2, 0) is 10.0 Å². The second-order valence-corrected chi connectivity index (χ2v) is 7.48. The summed E-state index contributed by atoms with van der Waals surface area (Å²) in [6, 6.07) is 13.4. The van der Waals surface area contributed by atoms with Crippen LogP contribution in [0.5, 0.6) is 0 Å². The molecule has 2 aromatic rings. The molecule has 4 heteroatoms. The Morgan fingerprint density at radius 2 is 1.71 bits per heavy atom. The molecule has 0 radical (unpaired) electrons. The summed E-state index contributed by atoms with van der Waals surface area (Å²) >= 11 is 0. The number of fused-ring (bicyclic) bond motifs is 1. The van der Waals surface area contributed by atoms with Crippen molar-refractivity contribution in [2.24, 2.45) is 0 Å². The molecule has 3 nitrogen and oxygen atoms in total. The van der Waals surface area contributed by atoms with Crippen molar-refractivity contribution in [3.63, 3.8) is 0 Å². The molecule has 112 valence electrons. The average molecular weight is 303 g/mol. The Kier molecular flexibility index (Phi) is 4.00. The molecule has 1 aliphatic carbocycles. The summed E-state index contributed by atoms with van der Waals surface area (Å²) in [5.74, 6) is 0. The monoisotopic (exact) mass is 303 g/mol. The van der Waals surface area contributed by atoms with E-state index in [0.717, 1.165) is 36.5 Å². The molecule has 0 unspecified atom stereocenters. The molecule has 1 aliphatic rings. The molecule has 2 aromatic carbocycles. The second-order valence-electron chi connectivity index (χ2n) is 5.62. The first-order chi connectivity index (χ1) is 10.1. The Bertz CT molecular complexity index is 728. The topological polar surface area (TPSA) is 37.4 Å². The minimum atomic E-state index is -3.43. The maximum atomic E-state index is 13.1. The van der Waals surface area contributed by atoms with Gasteiger partial charge in [-0.2, -0.15) is 4.31 Å². The smallest absolute Gasteiger partial charge is 0.207 e. The van der Waals surface area contributed by atoms with Crippen molar-refractivity contribution in [1.82, 2.24) is 4.31 Å². The standard InChI is InChI=1S/C17H21NO2S/c1-2-18(15-10-4-5-11-15)21(19,20)17-13-7-9-14-8-3-6-12-16(14)17/h3,6-9,12-13,15H,2,4-5,10-11H2,1H3. The first-order valence-electron chi connectivity index (χ1n) is 7.64. The van der Waals surface area contributed by atoms with Gasteiger partial charge in [0.1, 0.15) is 0 Å². The SMILES string of the molecule is CCN(C1CCCC1)S(=O)(=O)c1cccc2ccccc12. The maximum Gasteiger partial charge on any atom is 0.243 e. The highest BCUT2D eigenvalue weighted by Gasteiger charge is 2.32. The van der Waals surface area contributed by atoms with E-state index in [4.69, 9.17) is 0 Å². The van der Waals surface area contributed by atoms with E-state index in [1.165, 1.54) is 0 Å². The first-order valence-corrected chi connectivity index (χ1v) is 9.08. The molecule has 0 heterocycles. The van der Waals surface area contributed by atoms with Crippen molar-refractivity contribution in [1.29, 1.82) is 0 Å². The van der Waals surface area contributed by atoms with Crippen molar-refractivity contribution in [3.05, 3.63) is 42.5 Å². The summed E-state index contributed by atoms with van der Waals surface area (Å²) in [6.07, 6.45) is 4.23. The van der Waals surface area contributed by atoms with Crippen LogP contribution >= 0.6 is 0 Å². The van der Waals surface area contributed by atoms with Crippen molar-refractivity contribution in [2.45, 2.75) is 43.5 Å². The molecular formula is C17H21NO2S. The fourth-order valence-electron chi connectivity index (χ4n) is 3.36.